The molecule has 0 radical (unpaired) electrons. The van der Waals surface area contributed by atoms with Crippen LogP contribution in [0.25, 0.3) is 0 Å². The second-order valence-electron chi connectivity index (χ2n) is 3.31. The number of hydrogen-bond acceptors (Lipinski definition) is 2. The van der Waals surface area contributed by atoms with Crippen molar-refractivity contribution in [2.45, 2.75) is 5.88 Å². The molecule has 0 bridgehead atoms. The minimum absolute atomic E-state index is 0.343. The number of nitrogens with zero attached hydrogens (tertiary/aromatic N) is 1. The highest BCUT2D eigenvalue weighted by Crippen LogP contribution is 2.27. The lowest BCUT2D eigenvalue weighted by atomic mass is 10.3. The summed E-state index contributed by atoms with van der Waals surface area (Å²) < 4.78 is 6.51. The van der Waals surface area contributed by atoms with Crippen molar-refractivity contribution in [3.05, 3.63) is 51.6 Å². The third-order valence-electron chi connectivity index (χ3n) is 2.06. The van der Waals surface area contributed by atoms with Gasteiger partial charge in [0.25, 0.3) is 0 Å². The summed E-state index contributed by atoms with van der Waals surface area (Å²) in [6.07, 6.45) is 1.67. The van der Waals surface area contributed by atoms with Gasteiger partial charge in [0.1, 0.15) is 5.75 Å². The third-order valence-corrected chi connectivity index (χ3v) is 3.04. The van der Waals surface area contributed by atoms with Gasteiger partial charge in [-0.15, -0.1) is 11.6 Å². The van der Waals surface area contributed by atoms with Crippen LogP contribution >= 0.6 is 39.1 Å². The van der Waals surface area contributed by atoms with Crippen molar-refractivity contribution in [3.63, 3.8) is 0 Å². The molecule has 0 atom stereocenters. The Bertz CT molecular complexity index is 516. The summed E-state index contributed by atoms with van der Waals surface area (Å²) in [5.74, 6) is 1.52. The molecule has 2 rings (SSSR count). The highest BCUT2D eigenvalue weighted by molar-refractivity contribution is 9.10. The van der Waals surface area contributed by atoms with E-state index in [1.54, 1.807) is 30.5 Å². The first kappa shape index (κ1) is 12.7. The molecule has 2 nitrogen and oxygen atoms in total. The predicted octanol–water partition coefficient (Wildman–Crippen LogP) is 5.03. The van der Waals surface area contributed by atoms with Crippen LogP contribution in [0.4, 0.5) is 0 Å². The summed E-state index contributed by atoms with van der Waals surface area (Å²) in [4.78, 5) is 4.18. The molecule has 0 aliphatic heterocycles. The SMILES string of the molecule is ClCc1cc(Br)cnc1Oc1ccc(Cl)cc1. The monoisotopic (exact) mass is 331 g/mol. The summed E-state index contributed by atoms with van der Waals surface area (Å²) in [7, 11) is 0. The first-order chi connectivity index (χ1) is 8.19. The molecule has 0 N–H and O–H groups in total. The van der Waals surface area contributed by atoms with Crippen molar-refractivity contribution in [2.24, 2.45) is 0 Å². The van der Waals surface area contributed by atoms with Crippen molar-refractivity contribution >= 4 is 39.1 Å². The van der Waals surface area contributed by atoms with Crippen LogP contribution in [0.5, 0.6) is 11.6 Å². The second-order valence-corrected chi connectivity index (χ2v) is 4.93. The number of pyridine rings is 1. The molecule has 0 aliphatic carbocycles. The Morgan fingerprint density at radius 1 is 1.24 bits per heavy atom. The summed E-state index contributed by atoms with van der Waals surface area (Å²) in [6, 6.07) is 8.96. The molecule has 1 aromatic heterocycles. The Labute approximate surface area is 118 Å². The number of ether oxygens (including phenoxy) is 1. The molecule has 0 spiro atoms. The van der Waals surface area contributed by atoms with E-state index in [1.165, 1.54) is 0 Å². The van der Waals surface area contributed by atoms with E-state index in [0.29, 0.717) is 22.5 Å². The van der Waals surface area contributed by atoms with Gasteiger partial charge < -0.3 is 4.74 Å². The highest BCUT2D eigenvalue weighted by atomic mass is 79.9. The molecule has 1 heterocycles. The third kappa shape index (κ3) is 3.35. The van der Waals surface area contributed by atoms with E-state index in [-0.39, 0.29) is 0 Å². The molecule has 0 amide bonds. The average Bonchev–Trinajstić information content (AvgIpc) is 2.34. The molecule has 0 fully saturated rings. The lowest BCUT2D eigenvalue weighted by Gasteiger charge is -2.08. The minimum atomic E-state index is 0.343. The molecule has 17 heavy (non-hydrogen) atoms. The number of benzene rings is 1. The minimum Gasteiger partial charge on any atom is -0.439 e. The van der Waals surface area contributed by atoms with E-state index in [4.69, 9.17) is 27.9 Å². The van der Waals surface area contributed by atoms with Crippen molar-refractivity contribution in [3.8, 4) is 11.6 Å². The maximum atomic E-state index is 5.83. The zero-order valence-corrected chi connectivity index (χ0v) is 11.8. The lowest BCUT2D eigenvalue weighted by molar-refractivity contribution is 0.458. The zero-order chi connectivity index (χ0) is 12.3. The van der Waals surface area contributed by atoms with Crippen LogP contribution in [-0.2, 0) is 5.88 Å². The molecule has 88 valence electrons. The van der Waals surface area contributed by atoms with E-state index >= 15 is 0 Å². The van der Waals surface area contributed by atoms with E-state index in [1.807, 2.05) is 6.07 Å². The molecule has 2 aromatic rings. The Balaban J connectivity index is 2.26. The van der Waals surface area contributed by atoms with E-state index in [9.17, 15) is 0 Å². The van der Waals surface area contributed by atoms with E-state index in [0.717, 1.165) is 10.0 Å². The van der Waals surface area contributed by atoms with Crippen LogP contribution in [0.3, 0.4) is 0 Å². The first-order valence-electron chi connectivity index (χ1n) is 4.83. The number of halogens is 3. The molecule has 0 unspecified atom stereocenters. The van der Waals surface area contributed by atoms with Crippen LogP contribution in [-0.4, -0.2) is 4.98 Å². The maximum Gasteiger partial charge on any atom is 0.223 e. The smallest absolute Gasteiger partial charge is 0.223 e. The van der Waals surface area contributed by atoms with Crippen LogP contribution in [0, 0.1) is 0 Å². The number of hydrogen-bond donors (Lipinski definition) is 0. The lowest BCUT2D eigenvalue weighted by Crippen LogP contribution is -1.93. The fourth-order valence-electron chi connectivity index (χ4n) is 1.27. The molecular weight excluding hydrogens is 325 g/mol. The van der Waals surface area contributed by atoms with Crippen LogP contribution in [0.15, 0.2) is 41.0 Å². The molecule has 0 aliphatic rings. The Morgan fingerprint density at radius 3 is 2.59 bits per heavy atom. The van der Waals surface area contributed by atoms with E-state index < -0.39 is 0 Å². The van der Waals surface area contributed by atoms with Crippen molar-refractivity contribution in [1.29, 1.82) is 0 Å². The predicted molar refractivity (Wildman–Crippen MR) is 73.0 cm³/mol. The van der Waals surface area contributed by atoms with Crippen LogP contribution in [0.1, 0.15) is 5.56 Å². The number of alkyl halides is 1. The molecule has 1 aromatic carbocycles. The van der Waals surface area contributed by atoms with Crippen molar-refractivity contribution < 1.29 is 4.74 Å². The quantitative estimate of drug-likeness (QED) is 0.735. The Kier molecular flexibility index (Phi) is 4.26. The Hall–Kier alpha value is -0.770. The molecule has 0 saturated heterocycles. The standard InChI is InChI=1S/C12H8BrCl2NO/c13-9-5-8(6-14)12(16-7-9)17-11-3-1-10(15)2-4-11/h1-5,7H,6H2. The van der Waals surface area contributed by atoms with Gasteiger partial charge in [-0.2, -0.15) is 0 Å². The second kappa shape index (κ2) is 5.71. The normalized spacial score (nSPS) is 10.3. The van der Waals surface area contributed by atoms with Gasteiger partial charge in [0.2, 0.25) is 5.88 Å². The fourth-order valence-corrected chi connectivity index (χ4v) is 1.97. The summed E-state index contributed by atoms with van der Waals surface area (Å²) in [5.41, 5.74) is 0.830. The summed E-state index contributed by atoms with van der Waals surface area (Å²) >= 11 is 15.0. The maximum absolute atomic E-state index is 5.83. The van der Waals surface area contributed by atoms with Gasteiger partial charge in [0.15, 0.2) is 0 Å². The van der Waals surface area contributed by atoms with Gasteiger partial charge in [-0.3, -0.25) is 0 Å². The highest BCUT2D eigenvalue weighted by Gasteiger charge is 2.06. The van der Waals surface area contributed by atoms with Gasteiger partial charge >= 0.3 is 0 Å². The molecule has 5 heteroatoms. The van der Waals surface area contributed by atoms with E-state index in [2.05, 4.69) is 20.9 Å². The van der Waals surface area contributed by atoms with Crippen LogP contribution < -0.4 is 4.74 Å². The van der Waals surface area contributed by atoms with Crippen LogP contribution in [0.2, 0.25) is 5.02 Å². The van der Waals surface area contributed by atoms with Gasteiger partial charge in [-0.1, -0.05) is 11.6 Å². The average molecular weight is 333 g/mol. The number of aromatic nitrogens is 1. The largest absolute Gasteiger partial charge is 0.439 e. The topological polar surface area (TPSA) is 22.1 Å². The first-order valence-corrected chi connectivity index (χ1v) is 6.53. The zero-order valence-electron chi connectivity index (χ0n) is 8.66. The van der Waals surface area contributed by atoms with Gasteiger partial charge in [0.05, 0.1) is 5.88 Å². The molecule has 0 saturated carbocycles. The number of rotatable bonds is 3. The summed E-state index contributed by atoms with van der Waals surface area (Å²) in [6.45, 7) is 0. The molecular formula is C12H8BrCl2NO. The van der Waals surface area contributed by atoms with Gasteiger partial charge in [-0.05, 0) is 46.3 Å². The summed E-state index contributed by atoms with van der Waals surface area (Å²) in [5, 5.41) is 0.665. The fraction of sp³-hybridized carbons (Fsp3) is 0.0833. The van der Waals surface area contributed by atoms with Gasteiger partial charge in [0, 0.05) is 21.3 Å². The van der Waals surface area contributed by atoms with Gasteiger partial charge in [-0.25, -0.2) is 4.98 Å². The van der Waals surface area contributed by atoms with Crippen molar-refractivity contribution in [2.75, 3.05) is 0 Å². The Morgan fingerprint density at radius 2 is 1.94 bits per heavy atom. The van der Waals surface area contributed by atoms with Crippen molar-refractivity contribution in [1.82, 2.24) is 4.98 Å².